The summed E-state index contributed by atoms with van der Waals surface area (Å²) in [5, 5.41) is 0. The minimum atomic E-state index is -2.31. The van der Waals surface area contributed by atoms with E-state index in [9.17, 15) is 0 Å². The second kappa shape index (κ2) is 18.5. The van der Waals surface area contributed by atoms with E-state index in [1.807, 2.05) is 0 Å². The van der Waals surface area contributed by atoms with Crippen LogP contribution in [0.1, 0.15) is 62.3 Å². The van der Waals surface area contributed by atoms with Gasteiger partial charge in [-0.3, -0.25) is 0 Å². The number of rotatable bonds is 21. The number of hydrogen-bond donors (Lipinski definition) is 0. The van der Waals surface area contributed by atoms with E-state index in [4.69, 9.17) is 9.22 Å². The Morgan fingerprint density at radius 3 is 0.742 bits per heavy atom. The van der Waals surface area contributed by atoms with E-state index in [2.05, 4.69) is 67.2 Å². The van der Waals surface area contributed by atoms with Gasteiger partial charge in [0.25, 0.3) is 0 Å². The van der Waals surface area contributed by atoms with Gasteiger partial charge in [-0.1, -0.05) is 0 Å². The summed E-state index contributed by atoms with van der Waals surface area (Å²) in [5.74, 6) is 0. The molecular weight excluding hydrogens is 706 g/mol. The molecule has 0 atom stereocenters. The molecule has 0 aliphatic rings. The van der Waals surface area contributed by atoms with Crippen molar-refractivity contribution in [2.75, 3.05) is 39.5 Å². The van der Waals surface area contributed by atoms with E-state index < -0.39 is 56.4 Å². The van der Waals surface area contributed by atoms with E-state index in [-0.39, 0.29) is 0 Å². The predicted octanol–water partition coefficient (Wildman–Crippen LogP) is 7.35. The number of nitrogens with zero attached hydrogens (tertiary/aromatic N) is 1. The topological polar surface area (TPSA) is 30.9 Å². The van der Waals surface area contributed by atoms with Crippen molar-refractivity contribution < 1.29 is 9.22 Å². The molecule has 0 aromatic carbocycles. The fourth-order valence-corrected chi connectivity index (χ4v) is 27.3. The molecule has 0 aromatic rings. The summed E-state index contributed by atoms with van der Waals surface area (Å²) in [6.45, 7) is 26.9. The number of hydrogen-bond acceptors (Lipinski definition) is 4. The Bertz CT molecular complexity index is 342. The van der Waals surface area contributed by atoms with Crippen molar-refractivity contribution >= 4 is 56.4 Å². The standard InChI is InChI=1S/C6H12NO3.9C2H5.3Sn/c8-4-1-7(2-5-9)3-6-10;9*1-2;;;/h1-6H2;9*1H2,2H3;;;/q-3;;;;;;;;;;3*+1. The van der Waals surface area contributed by atoms with Crippen molar-refractivity contribution in [2.24, 2.45) is 0 Å². The molecule has 0 aliphatic heterocycles. The molecule has 0 heterocycles. The van der Waals surface area contributed by atoms with Crippen LogP contribution < -0.4 is 0 Å². The fourth-order valence-electron chi connectivity index (χ4n) is 4.68. The van der Waals surface area contributed by atoms with Gasteiger partial charge in [-0.15, -0.1) is 0 Å². The van der Waals surface area contributed by atoms with Gasteiger partial charge >= 0.3 is 212 Å². The van der Waals surface area contributed by atoms with Crippen LogP contribution in [0.5, 0.6) is 0 Å². The first-order valence-electron chi connectivity index (χ1n) is 13.5. The third kappa shape index (κ3) is 11.7. The van der Waals surface area contributed by atoms with Crippen molar-refractivity contribution in [3.05, 3.63) is 0 Å². The molecule has 0 aliphatic carbocycles. The van der Waals surface area contributed by atoms with E-state index in [0.29, 0.717) is 0 Å². The molecule has 31 heavy (non-hydrogen) atoms. The second-order valence-electron chi connectivity index (χ2n) is 9.12. The first-order chi connectivity index (χ1) is 14.8. The summed E-state index contributed by atoms with van der Waals surface area (Å²) in [4.78, 5) is 2.58. The molecule has 0 aromatic heterocycles. The average molecular weight is 764 g/mol. The molecule has 0 N–H and O–H groups in total. The molecule has 0 saturated heterocycles. The quantitative estimate of drug-likeness (QED) is 0.115. The predicted molar refractivity (Wildman–Crippen MR) is 146 cm³/mol. The maximum atomic E-state index is 6.64. The molecule has 0 rings (SSSR count). The van der Waals surface area contributed by atoms with Crippen LogP contribution in [0.25, 0.3) is 0 Å². The normalized spacial score (nSPS) is 13.4. The second-order valence-corrected chi connectivity index (χ2v) is 50.0. The van der Waals surface area contributed by atoms with Crippen molar-refractivity contribution in [3.63, 3.8) is 0 Å². The molecule has 0 fully saturated rings. The maximum absolute atomic E-state index is 6.64. The third-order valence-corrected chi connectivity index (χ3v) is 48.3. The molecule has 0 bridgehead atoms. The summed E-state index contributed by atoms with van der Waals surface area (Å²) in [6, 6.07) is 0. The van der Waals surface area contributed by atoms with Gasteiger partial charge in [0.15, 0.2) is 0 Å². The minimum absolute atomic E-state index is 0.902. The zero-order valence-electron chi connectivity index (χ0n) is 22.8. The van der Waals surface area contributed by atoms with Gasteiger partial charge in [0, 0.05) is 0 Å². The first kappa shape index (κ1) is 33.2. The van der Waals surface area contributed by atoms with Gasteiger partial charge in [-0.2, -0.15) is 0 Å². The Balaban J connectivity index is 4.91. The van der Waals surface area contributed by atoms with E-state index >= 15 is 0 Å². The van der Waals surface area contributed by atoms with Crippen LogP contribution in [0.3, 0.4) is 0 Å². The third-order valence-electron chi connectivity index (χ3n) is 8.25. The van der Waals surface area contributed by atoms with Gasteiger partial charge in [-0.05, 0) is 0 Å². The van der Waals surface area contributed by atoms with E-state index in [1.165, 1.54) is 39.9 Å². The average Bonchev–Trinajstić information content (AvgIpc) is 2.83. The van der Waals surface area contributed by atoms with Crippen molar-refractivity contribution in [1.82, 2.24) is 4.90 Å². The molecule has 7 heteroatoms. The van der Waals surface area contributed by atoms with Crippen LogP contribution in [0.2, 0.25) is 39.9 Å². The zero-order chi connectivity index (χ0) is 23.8. The van der Waals surface area contributed by atoms with E-state index in [1.54, 1.807) is 0 Å². The molecule has 188 valence electrons. The van der Waals surface area contributed by atoms with Gasteiger partial charge in [0.2, 0.25) is 0 Å². The van der Waals surface area contributed by atoms with Crippen LogP contribution in [0.15, 0.2) is 0 Å². The molecule has 0 radical (unpaired) electrons. The summed E-state index contributed by atoms with van der Waals surface area (Å²) >= 11 is -6.93. The van der Waals surface area contributed by atoms with Crippen LogP contribution >= 0.6 is 0 Å². The van der Waals surface area contributed by atoms with E-state index in [0.717, 1.165) is 39.5 Å². The van der Waals surface area contributed by atoms with Gasteiger partial charge in [-0.25, -0.2) is 0 Å². The zero-order valence-corrected chi connectivity index (χ0v) is 31.3. The Hall–Kier alpha value is 2.24. The first-order valence-corrected chi connectivity index (χ1v) is 35.1. The molecular formula is C24H57NO3Sn3. The summed E-state index contributed by atoms with van der Waals surface area (Å²) < 4.78 is 31.6. The molecule has 0 amide bonds. The molecule has 0 spiro atoms. The van der Waals surface area contributed by atoms with Gasteiger partial charge in [0.1, 0.15) is 0 Å². The monoisotopic (exact) mass is 767 g/mol. The van der Waals surface area contributed by atoms with Crippen LogP contribution in [0.4, 0.5) is 0 Å². The Morgan fingerprint density at radius 1 is 0.387 bits per heavy atom. The molecule has 0 unspecified atom stereocenters. The Labute approximate surface area is 210 Å². The van der Waals surface area contributed by atoms with Crippen LogP contribution in [-0.2, 0) is 9.22 Å². The fraction of sp³-hybridized carbons (Fsp3) is 1.00. The molecule has 4 nitrogen and oxygen atoms in total. The van der Waals surface area contributed by atoms with Crippen LogP contribution in [0, 0.1) is 0 Å². The van der Waals surface area contributed by atoms with Crippen LogP contribution in [-0.4, -0.2) is 101 Å². The van der Waals surface area contributed by atoms with Crippen molar-refractivity contribution in [1.29, 1.82) is 0 Å². The molecule has 0 saturated carbocycles. The Morgan fingerprint density at radius 2 is 0.581 bits per heavy atom. The van der Waals surface area contributed by atoms with Crippen molar-refractivity contribution in [2.45, 2.75) is 102 Å². The van der Waals surface area contributed by atoms with Crippen molar-refractivity contribution in [3.8, 4) is 0 Å². The van der Waals surface area contributed by atoms with Gasteiger partial charge < -0.3 is 0 Å². The van der Waals surface area contributed by atoms with Gasteiger partial charge in [0.05, 0.1) is 0 Å². The summed E-state index contributed by atoms with van der Waals surface area (Å²) in [5.41, 5.74) is 0. The summed E-state index contributed by atoms with van der Waals surface area (Å²) in [6.07, 6.45) is 0. The summed E-state index contributed by atoms with van der Waals surface area (Å²) in [7, 11) is 0. The Kier molecular flexibility index (Phi) is 19.8. The SMILES string of the molecule is C[CH2][Sn]([CH2]C)([CH2]C)[O]CCN(CC[O][Sn]([CH2]C)([CH2]C)[CH2]C)CC[O][Sn]([CH2]C)([CH2]C)[CH2]C.